The van der Waals surface area contributed by atoms with Crippen molar-refractivity contribution in [2.45, 2.75) is 6.54 Å². The second-order valence-corrected chi connectivity index (χ2v) is 6.54. The highest BCUT2D eigenvalue weighted by atomic mass is 35.5. The van der Waals surface area contributed by atoms with Crippen LogP contribution in [0.15, 0.2) is 35.3 Å². The van der Waals surface area contributed by atoms with E-state index in [2.05, 4.69) is 21.9 Å². The van der Waals surface area contributed by atoms with E-state index in [-0.39, 0.29) is 10.6 Å². The van der Waals surface area contributed by atoms with E-state index in [4.69, 9.17) is 23.2 Å². The Hall–Kier alpha value is -1.56. The molecule has 1 aliphatic heterocycles. The van der Waals surface area contributed by atoms with E-state index in [1.807, 2.05) is 12.1 Å². The van der Waals surface area contributed by atoms with Crippen LogP contribution in [0.4, 0.5) is 5.69 Å². The molecule has 0 aliphatic carbocycles. The molecule has 2 heterocycles. The lowest BCUT2D eigenvalue weighted by atomic mass is 10.2. The van der Waals surface area contributed by atoms with Crippen molar-refractivity contribution in [2.75, 3.05) is 38.1 Å². The number of benzene rings is 1. The zero-order chi connectivity index (χ0) is 16.4. The molecule has 0 bridgehead atoms. The summed E-state index contributed by atoms with van der Waals surface area (Å²) < 4.78 is 1.38. The zero-order valence-electron chi connectivity index (χ0n) is 12.9. The van der Waals surface area contributed by atoms with Gasteiger partial charge >= 0.3 is 0 Å². The minimum atomic E-state index is -0.266. The van der Waals surface area contributed by atoms with Crippen molar-refractivity contribution in [2.24, 2.45) is 0 Å². The largest absolute Gasteiger partial charge is 0.366 e. The molecule has 3 rings (SSSR count). The molecule has 0 unspecified atom stereocenters. The molecule has 1 aliphatic rings. The summed E-state index contributed by atoms with van der Waals surface area (Å²) in [6.45, 7) is 3.96. The van der Waals surface area contributed by atoms with Gasteiger partial charge in [-0.2, -0.15) is 5.10 Å². The number of anilines is 1. The summed E-state index contributed by atoms with van der Waals surface area (Å²) in [4.78, 5) is 16.8. The standard InChI is InChI=1S/C16H18Cl2N4O/c1-20-6-8-21(9-7-20)14-10-19-22(16(23)15(14)18)11-12-2-4-13(17)5-3-12/h2-5,10H,6-9,11H2,1H3. The summed E-state index contributed by atoms with van der Waals surface area (Å²) in [5.41, 5.74) is 1.41. The van der Waals surface area contributed by atoms with Crippen LogP contribution in [0.3, 0.4) is 0 Å². The lowest BCUT2D eigenvalue weighted by Crippen LogP contribution is -2.45. The Bertz CT molecular complexity index is 737. The third-order valence-electron chi connectivity index (χ3n) is 4.06. The zero-order valence-corrected chi connectivity index (χ0v) is 14.4. The second kappa shape index (κ2) is 6.91. The minimum absolute atomic E-state index is 0.235. The van der Waals surface area contributed by atoms with E-state index in [0.29, 0.717) is 11.6 Å². The molecular weight excluding hydrogens is 335 g/mol. The molecule has 0 radical (unpaired) electrons. The molecule has 0 atom stereocenters. The van der Waals surface area contributed by atoms with Crippen molar-refractivity contribution in [3.8, 4) is 0 Å². The molecule has 122 valence electrons. The number of piperazine rings is 1. The van der Waals surface area contributed by atoms with E-state index >= 15 is 0 Å². The Kier molecular flexibility index (Phi) is 4.90. The molecule has 1 fully saturated rings. The quantitative estimate of drug-likeness (QED) is 0.850. The first kappa shape index (κ1) is 16.3. The van der Waals surface area contributed by atoms with Gasteiger partial charge in [0.2, 0.25) is 0 Å². The third kappa shape index (κ3) is 3.68. The van der Waals surface area contributed by atoms with Crippen LogP contribution in [-0.2, 0) is 6.54 Å². The van der Waals surface area contributed by atoms with Crippen molar-refractivity contribution in [1.82, 2.24) is 14.7 Å². The molecule has 1 saturated heterocycles. The first-order valence-corrected chi connectivity index (χ1v) is 8.24. The van der Waals surface area contributed by atoms with Gasteiger partial charge in [0.15, 0.2) is 0 Å². The summed E-state index contributed by atoms with van der Waals surface area (Å²) in [7, 11) is 2.08. The fraction of sp³-hybridized carbons (Fsp3) is 0.375. The van der Waals surface area contributed by atoms with Crippen molar-refractivity contribution in [3.63, 3.8) is 0 Å². The van der Waals surface area contributed by atoms with Crippen molar-refractivity contribution >= 4 is 28.9 Å². The van der Waals surface area contributed by atoms with Gasteiger partial charge in [0, 0.05) is 31.2 Å². The monoisotopic (exact) mass is 352 g/mol. The maximum atomic E-state index is 12.5. The molecule has 2 aromatic rings. The number of hydrogen-bond acceptors (Lipinski definition) is 4. The number of rotatable bonds is 3. The summed E-state index contributed by atoms with van der Waals surface area (Å²) in [6, 6.07) is 7.34. The summed E-state index contributed by atoms with van der Waals surface area (Å²) >= 11 is 12.2. The van der Waals surface area contributed by atoms with E-state index in [9.17, 15) is 4.79 Å². The maximum absolute atomic E-state index is 12.5. The minimum Gasteiger partial charge on any atom is -0.366 e. The van der Waals surface area contributed by atoms with Gasteiger partial charge in [-0.15, -0.1) is 0 Å². The average Bonchev–Trinajstić information content (AvgIpc) is 2.55. The summed E-state index contributed by atoms with van der Waals surface area (Å²) in [6.07, 6.45) is 1.69. The lowest BCUT2D eigenvalue weighted by Gasteiger charge is -2.34. The molecule has 0 amide bonds. The number of nitrogens with zero attached hydrogens (tertiary/aromatic N) is 4. The van der Waals surface area contributed by atoms with Gasteiger partial charge in [-0.25, -0.2) is 4.68 Å². The van der Waals surface area contributed by atoms with Crippen molar-refractivity contribution < 1.29 is 0 Å². The summed E-state index contributed by atoms with van der Waals surface area (Å²) in [5, 5.41) is 5.18. The predicted molar refractivity (Wildman–Crippen MR) is 93.8 cm³/mol. The van der Waals surface area contributed by atoms with E-state index in [0.717, 1.165) is 37.4 Å². The van der Waals surface area contributed by atoms with Gasteiger partial charge in [0.25, 0.3) is 5.56 Å². The van der Waals surface area contributed by atoms with Gasteiger partial charge in [-0.3, -0.25) is 4.79 Å². The Morgan fingerprint density at radius 3 is 2.39 bits per heavy atom. The molecular formula is C16H18Cl2N4O. The Balaban J connectivity index is 1.83. The van der Waals surface area contributed by atoms with Crippen LogP contribution in [-0.4, -0.2) is 47.9 Å². The molecule has 1 aromatic carbocycles. The van der Waals surface area contributed by atoms with E-state index in [1.165, 1.54) is 4.68 Å². The fourth-order valence-corrected chi connectivity index (χ4v) is 2.99. The van der Waals surface area contributed by atoms with E-state index in [1.54, 1.807) is 18.3 Å². The van der Waals surface area contributed by atoms with Gasteiger partial charge < -0.3 is 9.80 Å². The van der Waals surface area contributed by atoms with Gasteiger partial charge in [0.05, 0.1) is 18.4 Å². The average molecular weight is 353 g/mol. The maximum Gasteiger partial charge on any atom is 0.287 e. The van der Waals surface area contributed by atoms with Crippen LogP contribution in [0, 0.1) is 0 Å². The van der Waals surface area contributed by atoms with Crippen LogP contribution < -0.4 is 10.5 Å². The SMILES string of the molecule is CN1CCN(c2cnn(Cc3ccc(Cl)cc3)c(=O)c2Cl)CC1. The highest BCUT2D eigenvalue weighted by Gasteiger charge is 2.19. The summed E-state index contributed by atoms with van der Waals surface area (Å²) in [5.74, 6) is 0. The highest BCUT2D eigenvalue weighted by Crippen LogP contribution is 2.22. The van der Waals surface area contributed by atoms with Gasteiger partial charge in [-0.05, 0) is 24.7 Å². The van der Waals surface area contributed by atoms with Crippen molar-refractivity contribution in [3.05, 3.63) is 56.4 Å². The van der Waals surface area contributed by atoms with Crippen molar-refractivity contribution in [1.29, 1.82) is 0 Å². The topological polar surface area (TPSA) is 41.4 Å². The van der Waals surface area contributed by atoms with E-state index < -0.39 is 0 Å². The van der Waals surface area contributed by atoms with Crippen LogP contribution in [0.2, 0.25) is 10.0 Å². The fourth-order valence-electron chi connectivity index (χ4n) is 2.60. The molecule has 0 saturated carbocycles. The number of halogens is 2. The number of hydrogen-bond donors (Lipinski definition) is 0. The van der Waals surface area contributed by atoms with Crippen LogP contribution >= 0.6 is 23.2 Å². The Morgan fingerprint density at radius 2 is 1.74 bits per heavy atom. The normalized spacial score (nSPS) is 15.9. The first-order valence-electron chi connectivity index (χ1n) is 7.48. The van der Waals surface area contributed by atoms with Gasteiger partial charge in [0.1, 0.15) is 5.02 Å². The molecule has 23 heavy (non-hydrogen) atoms. The molecule has 7 heteroatoms. The third-order valence-corrected chi connectivity index (χ3v) is 4.66. The number of likely N-dealkylation sites (N-methyl/N-ethyl adjacent to an activating group) is 1. The molecule has 5 nitrogen and oxygen atoms in total. The van der Waals surface area contributed by atoms with Crippen LogP contribution in [0.1, 0.15) is 5.56 Å². The predicted octanol–water partition coefficient (Wildman–Crippen LogP) is 2.35. The van der Waals surface area contributed by atoms with Crippen LogP contribution in [0.5, 0.6) is 0 Å². The first-order chi connectivity index (χ1) is 11.0. The van der Waals surface area contributed by atoms with Gasteiger partial charge in [-0.1, -0.05) is 35.3 Å². The second-order valence-electron chi connectivity index (χ2n) is 5.72. The molecule has 0 N–H and O–H groups in total. The Morgan fingerprint density at radius 1 is 1.09 bits per heavy atom. The number of aromatic nitrogens is 2. The van der Waals surface area contributed by atoms with Crippen LogP contribution in [0.25, 0.3) is 0 Å². The molecule has 0 spiro atoms. The lowest BCUT2D eigenvalue weighted by molar-refractivity contribution is 0.312. The Labute approximate surface area is 145 Å². The molecule has 1 aromatic heterocycles. The highest BCUT2D eigenvalue weighted by molar-refractivity contribution is 6.33. The smallest absolute Gasteiger partial charge is 0.287 e.